The maximum absolute atomic E-state index is 12.4. The molecule has 0 bridgehead atoms. The minimum atomic E-state index is -0.0674. The van der Waals surface area contributed by atoms with Crippen molar-refractivity contribution in [2.45, 2.75) is 5.75 Å². The first-order valence-electron chi connectivity index (χ1n) is 6.61. The molecule has 3 nitrogen and oxygen atoms in total. The highest BCUT2D eigenvalue weighted by Crippen LogP contribution is 2.25. The number of thioether (sulfide) groups is 1. The van der Waals surface area contributed by atoms with Gasteiger partial charge in [0.25, 0.3) is 5.91 Å². The number of hydrogen-bond acceptors (Lipinski definition) is 3. The topological polar surface area (TPSA) is 34.0 Å². The molecule has 2 heterocycles. The van der Waals surface area contributed by atoms with E-state index in [1.54, 1.807) is 23.1 Å². The van der Waals surface area contributed by atoms with Gasteiger partial charge in [-0.2, -0.15) is 11.8 Å². The van der Waals surface area contributed by atoms with E-state index in [0.29, 0.717) is 5.69 Å². The van der Waals surface area contributed by atoms with Crippen LogP contribution < -0.4 is 5.32 Å². The lowest BCUT2D eigenvalue weighted by atomic mass is 10.2. The van der Waals surface area contributed by atoms with Gasteiger partial charge in [-0.15, -0.1) is 11.3 Å². The van der Waals surface area contributed by atoms with Gasteiger partial charge in [0.2, 0.25) is 0 Å². The molecule has 0 fully saturated rings. The molecule has 21 heavy (non-hydrogen) atoms. The molecule has 0 aliphatic heterocycles. The van der Waals surface area contributed by atoms with E-state index < -0.39 is 0 Å². The largest absolute Gasteiger partial charge is 0.339 e. The molecule has 0 saturated carbocycles. The number of carbonyl (C=O) groups is 1. The summed E-state index contributed by atoms with van der Waals surface area (Å²) in [7, 11) is 1.92. The van der Waals surface area contributed by atoms with Crippen molar-refractivity contribution in [2.75, 3.05) is 11.6 Å². The van der Waals surface area contributed by atoms with Gasteiger partial charge in [-0.05, 0) is 41.5 Å². The van der Waals surface area contributed by atoms with Gasteiger partial charge < -0.3 is 9.88 Å². The number of nitrogens with one attached hydrogen (secondary N) is 1. The van der Waals surface area contributed by atoms with E-state index in [2.05, 4.69) is 17.6 Å². The van der Waals surface area contributed by atoms with Crippen LogP contribution in [0.1, 0.15) is 16.1 Å². The standard InChI is InChI=1S/C16H16N2OS2/c1-18-13-6-7-21-15(13)9-14(18)16(19)17-12-5-3-4-11(8-12)10-20-2/h3-9H,10H2,1-2H3,(H,17,19). The van der Waals surface area contributed by atoms with E-state index in [4.69, 9.17) is 0 Å². The minimum absolute atomic E-state index is 0.0674. The summed E-state index contributed by atoms with van der Waals surface area (Å²) in [6.45, 7) is 0. The highest BCUT2D eigenvalue weighted by Gasteiger charge is 2.14. The third kappa shape index (κ3) is 2.84. The second-order valence-electron chi connectivity index (χ2n) is 4.85. The van der Waals surface area contributed by atoms with Gasteiger partial charge in [0.05, 0.1) is 10.2 Å². The van der Waals surface area contributed by atoms with Crippen molar-refractivity contribution in [2.24, 2.45) is 7.05 Å². The Labute approximate surface area is 132 Å². The van der Waals surface area contributed by atoms with E-state index in [9.17, 15) is 4.79 Å². The van der Waals surface area contributed by atoms with E-state index in [-0.39, 0.29) is 5.91 Å². The molecular formula is C16H16N2OS2. The third-order valence-electron chi connectivity index (χ3n) is 3.39. The van der Waals surface area contributed by atoms with Crippen LogP contribution >= 0.6 is 23.1 Å². The SMILES string of the molecule is CSCc1cccc(NC(=O)c2cc3sccc3n2C)c1. The fraction of sp³-hybridized carbons (Fsp3) is 0.188. The van der Waals surface area contributed by atoms with Gasteiger partial charge in [-0.3, -0.25) is 4.79 Å². The first kappa shape index (κ1) is 14.2. The molecule has 2 aromatic heterocycles. The lowest BCUT2D eigenvalue weighted by molar-refractivity contribution is 0.102. The minimum Gasteiger partial charge on any atom is -0.339 e. The molecule has 0 aliphatic rings. The maximum Gasteiger partial charge on any atom is 0.272 e. The molecule has 0 aliphatic carbocycles. The molecule has 0 radical (unpaired) electrons. The summed E-state index contributed by atoms with van der Waals surface area (Å²) in [5.41, 5.74) is 3.85. The van der Waals surface area contributed by atoms with Crippen LogP contribution in [0.4, 0.5) is 5.69 Å². The summed E-state index contributed by atoms with van der Waals surface area (Å²) >= 11 is 3.42. The van der Waals surface area contributed by atoms with E-state index >= 15 is 0 Å². The molecule has 0 atom stereocenters. The Hall–Kier alpha value is -1.72. The second kappa shape index (κ2) is 5.95. The Morgan fingerprint density at radius 2 is 2.19 bits per heavy atom. The number of nitrogens with zero attached hydrogens (tertiary/aromatic N) is 1. The third-order valence-corrected chi connectivity index (χ3v) is 4.87. The zero-order chi connectivity index (χ0) is 14.8. The Morgan fingerprint density at radius 3 is 2.95 bits per heavy atom. The fourth-order valence-corrected chi connectivity index (χ4v) is 3.73. The van der Waals surface area contributed by atoms with Gasteiger partial charge in [-0.1, -0.05) is 12.1 Å². The first-order valence-corrected chi connectivity index (χ1v) is 8.88. The predicted octanol–water partition coefficient (Wildman–Crippen LogP) is 4.36. The molecule has 3 aromatic rings. The average Bonchev–Trinajstić information content (AvgIpc) is 3.03. The summed E-state index contributed by atoms with van der Waals surface area (Å²) in [6, 6.07) is 12.0. The van der Waals surface area contributed by atoms with Crippen molar-refractivity contribution >= 4 is 44.9 Å². The lowest BCUT2D eigenvalue weighted by Gasteiger charge is -2.08. The molecule has 108 valence electrons. The van der Waals surface area contributed by atoms with Crippen molar-refractivity contribution < 1.29 is 4.79 Å². The van der Waals surface area contributed by atoms with Crippen LogP contribution in [0.25, 0.3) is 10.2 Å². The van der Waals surface area contributed by atoms with Crippen LogP contribution in [-0.2, 0) is 12.8 Å². The number of carbonyl (C=O) groups excluding carboxylic acids is 1. The molecule has 3 rings (SSSR count). The molecule has 1 N–H and O–H groups in total. The van der Waals surface area contributed by atoms with Crippen molar-refractivity contribution in [1.29, 1.82) is 0 Å². The molecule has 0 saturated heterocycles. The van der Waals surface area contributed by atoms with Crippen molar-refractivity contribution in [1.82, 2.24) is 4.57 Å². The zero-order valence-corrected chi connectivity index (χ0v) is 13.6. The lowest BCUT2D eigenvalue weighted by Crippen LogP contribution is -2.15. The Kier molecular flexibility index (Phi) is 4.03. The van der Waals surface area contributed by atoms with Crippen LogP contribution in [0.3, 0.4) is 0 Å². The van der Waals surface area contributed by atoms with Gasteiger partial charge in [-0.25, -0.2) is 0 Å². The number of anilines is 1. The summed E-state index contributed by atoms with van der Waals surface area (Å²) in [5, 5.41) is 5.02. The Bertz CT molecular complexity index is 789. The van der Waals surface area contributed by atoms with Gasteiger partial charge >= 0.3 is 0 Å². The van der Waals surface area contributed by atoms with Crippen LogP contribution in [0.15, 0.2) is 41.8 Å². The number of aromatic nitrogens is 1. The highest BCUT2D eigenvalue weighted by molar-refractivity contribution is 7.97. The van der Waals surface area contributed by atoms with Gasteiger partial charge in [0.15, 0.2) is 0 Å². The van der Waals surface area contributed by atoms with Crippen LogP contribution in [0, 0.1) is 0 Å². The highest BCUT2D eigenvalue weighted by atomic mass is 32.2. The number of amides is 1. The predicted molar refractivity (Wildman–Crippen MR) is 92.4 cm³/mol. The number of benzene rings is 1. The normalized spacial score (nSPS) is 11.0. The Morgan fingerprint density at radius 1 is 1.33 bits per heavy atom. The summed E-state index contributed by atoms with van der Waals surface area (Å²) in [4.78, 5) is 12.4. The smallest absolute Gasteiger partial charge is 0.272 e. The van der Waals surface area contributed by atoms with Crippen molar-refractivity contribution in [3.63, 3.8) is 0 Å². The van der Waals surface area contributed by atoms with Crippen LogP contribution in [0.5, 0.6) is 0 Å². The monoisotopic (exact) mass is 316 g/mol. The molecule has 0 spiro atoms. The van der Waals surface area contributed by atoms with Gasteiger partial charge in [0.1, 0.15) is 5.69 Å². The average molecular weight is 316 g/mol. The van der Waals surface area contributed by atoms with E-state index in [1.165, 1.54) is 5.56 Å². The number of hydrogen-bond donors (Lipinski definition) is 1. The molecule has 1 aromatic carbocycles. The first-order chi connectivity index (χ1) is 10.2. The second-order valence-corrected chi connectivity index (χ2v) is 6.66. The van der Waals surface area contributed by atoms with Crippen LogP contribution in [-0.4, -0.2) is 16.7 Å². The molecule has 0 unspecified atom stereocenters. The maximum atomic E-state index is 12.4. The number of fused-ring (bicyclic) bond motifs is 1. The molecule has 1 amide bonds. The van der Waals surface area contributed by atoms with Crippen molar-refractivity contribution in [3.05, 3.63) is 53.0 Å². The zero-order valence-electron chi connectivity index (χ0n) is 11.9. The fourth-order valence-electron chi connectivity index (χ4n) is 2.37. The number of thiophene rings is 1. The van der Waals surface area contributed by atoms with E-state index in [1.807, 2.05) is 47.3 Å². The number of aryl methyl sites for hydroxylation is 1. The number of rotatable bonds is 4. The van der Waals surface area contributed by atoms with Crippen molar-refractivity contribution in [3.8, 4) is 0 Å². The van der Waals surface area contributed by atoms with Gasteiger partial charge in [0, 0.05) is 18.5 Å². The summed E-state index contributed by atoms with van der Waals surface area (Å²) in [6.07, 6.45) is 2.07. The summed E-state index contributed by atoms with van der Waals surface area (Å²) in [5.74, 6) is 0.881. The van der Waals surface area contributed by atoms with E-state index in [0.717, 1.165) is 21.7 Å². The molecular weight excluding hydrogens is 300 g/mol. The van der Waals surface area contributed by atoms with Crippen LogP contribution in [0.2, 0.25) is 0 Å². The quantitative estimate of drug-likeness (QED) is 0.776. The summed E-state index contributed by atoms with van der Waals surface area (Å²) < 4.78 is 3.08. The Balaban J connectivity index is 1.84. The molecule has 5 heteroatoms.